The number of hydrogen-bond acceptors (Lipinski definition) is 3. The summed E-state index contributed by atoms with van der Waals surface area (Å²) in [5, 5.41) is 9.36. The van der Waals surface area contributed by atoms with E-state index in [0.29, 0.717) is 0 Å². The Labute approximate surface area is 143 Å². The van der Waals surface area contributed by atoms with E-state index >= 15 is 0 Å². The van der Waals surface area contributed by atoms with Gasteiger partial charge in [0.25, 0.3) is 0 Å². The summed E-state index contributed by atoms with van der Waals surface area (Å²) in [6.45, 7) is 2.06. The first kappa shape index (κ1) is 17.7. The summed E-state index contributed by atoms with van der Waals surface area (Å²) in [6.07, 6.45) is 4.38. The highest BCUT2D eigenvalue weighted by molar-refractivity contribution is 7.12. The van der Waals surface area contributed by atoms with Crippen LogP contribution in [-0.4, -0.2) is 17.3 Å². The predicted octanol–water partition coefficient (Wildman–Crippen LogP) is 3.76. The highest BCUT2D eigenvalue weighted by Gasteiger charge is 2.21. The van der Waals surface area contributed by atoms with Crippen LogP contribution in [0.2, 0.25) is 0 Å². The highest BCUT2D eigenvalue weighted by atomic mass is 32.1. The Morgan fingerprint density at radius 1 is 1.13 bits per heavy atom. The van der Waals surface area contributed by atoms with Gasteiger partial charge in [-0.15, -0.1) is 11.3 Å². The zero-order valence-electron chi connectivity index (χ0n) is 13.7. The number of aryl methyl sites for hydroxylation is 2. The molecule has 0 aliphatic rings. The molecule has 1 atom stereocenters. The van der Waals surface area contributed by atoms with E-state index in [-0.39, 0.29) is 6.61 Å². The van der Waals surface area contributed by atoms with Crippen molar-refractivity contribution in [3.63, 3.8) is 0 Å². The van der Waals surface area contributed by atoms with Crippen LogP contribution in [0.5, 0.6) is 0 Å². The minimum absolute atomic E-state index is 0.0427. The lowest BCUT2D eigenvalue weighted by Crippen LogP contribution is -2.43. The van der Waals surface area contributed by atoms with Crippen LogP contribution in [0.4, 0.5) is 0 Å². The fraction of sp³-hybridized carbons (Fsp3) is 0.400. The van der Waals surface area contributed by atoms with Crippen molar-refractivity contribution in [2.75, 3.05) is 6.61 Å². The molecule has 1 aromatic heterocycles. The molecule has 0 radical (unpaired) electrons. The summed E-state index contributed by atoms with van der Waals surface area (Å²) in [5.41, 5.74) is 7.01. The van der Waals surface area contributed by atoms with E-state index in [9.17, 15) is 5.11 Å². The molecule has 23 heavy (non-hydrogen) atoms. The van der Waals surface area contributed by atoms with Crippen LogP contribution in [-0.2, 0) is 12.8 Å². The van der Waals surface area contributed by atoms with Gasteiger partial charge in [-0.3, -0.25) is 0 Å². The maximum absolute atomic E-state index is 9.36. The molecule has 2 aromatic rings. The Balaban J connectivity index is 1.82. The Hall–Kier alpha value is -1.60. The van der Waals surface area contributed by atoms with Crippen molar-refractivity contribution in [1.29, 1.82) is 0 Å². The lowest BCUT2D eigenvalue weighted by molar-refractivity contribution is 0.183. The number of thiophene rings is 1. The average molecular weight is 327 g/mol. The van der Waals surface area contributed by atoms with Crippen LogP contribution < -0.4 is 5.73 Å². The smallest absolute Gasteiger partial charge is 0.0771 e. The monoisotopic (exact) mass is 327 g/mol. The van der Waals surface area contributed by atoms with Gasteiger partial charge in [0.15, 0.2) is 0 Å². The van der Waals surface area contributed by atoms with Gasteiger partial charge in [-0.25, -0.2) is 0 Å². The molecule has 0 aliphatic heterocycles. The average Bonchev–Trinajstić information content (AvgIpc) is 3.05. The molecule has 1 aromatic carbocycles. The zero-order chi connectivity index (χ0) is 16.5. The van der Waals surface area contributed by atoms with Crippen LogP contribution in [0.3, 0.4) is 0 Å². The van der Waals surface area contributed by atoms with E-state index < -0.39 is 5.54 Å². The normalized spacial score (nSPS) is 13.2. The summed E-state index contributed by atoms with van der Waals surface area (Å²) in [5.74, 6) is 6.50. The van der Waals surface area contributed by atoms with Gasteiger partial charge in [-0.1, -0.05) is 49.1 Å². The topological polar surface area (TPSA) is 46.2 Å². The molecule has 1 heterocycles. The summed E-state index contributed by atoms with van der Waals surface area (Å²) in [4.78, 5) is 2.39. The first-order chi connectivity index (χ1) is 11.1. The van der Waals surface area contributed by atoms with Crippen molar-refractivity contribution < 1.29 is 5.11 Å². The van der Waals surface area contributed by atoms with Crippen LogP contribution in [0.25, 0.3) is 0 Å². The predicted molar refractivity (Wildman–Crippen MR) is 98.6 cm³/mol. The molecule has 1 unspecified atom stereocenters. The molecule has 122 valence electrons. The van der Waals surface area contributed by atoms with E-state index in [1.807, 2.05) is 13.0 Å². The Morgan fingerprint density at radius 2 is 1.91 bits per heavy atom. The number of rotatable bonds is 7. The van der Waals surface area contributed by atoms with Crippen LogP contribution in [0.15, 0.2) is 42.5 Å². The maximum atomic E-state index is 9.36. The molecule has 0 aliphatic carbocycles. The molecule has 0 saturated carbocycles. The van der Waals surface area contributed by atoms with Crippen molar-refractivity contribution >= 4 is 11.3 Å². The van der Waals surface area contributed by atoms with E-state index in [1.54, 1.807) is 11.3 Å². The first-order valence-corrected chi connectivity index (χ1v) is 8.98. The van der Waals surface area contributed by atoms with Gasteiger partial charge in [-0.05, 0) is 43.4 Å². The van der Waals surface area contributed by atoms with Crippen LogP contribution in [0, 0.1) is 11.8 Å². The first-order valence-electron chi connectivity index (χ1n) is 8.16. The second-order valence-electron chi connectivity index (χ2n) is 5.93. The van der Waals surface area contributed by atoms with Crippen molar-refractivity contribution in [3.05, 3.63) is 57.8 Å². The van der Waals surface area contributed by atoms with Crippen molar-refractivity contribution in [2.24, 2.45) is 5.73 Å². The van der Waals surface area contributed by atoms with Crippen LogP contribution >= 0.6 is 11.3 Å². The van der Waals surface area contributed by atoms with Gasteiger partial charge in [0, 0.05) is 16.8 Å². The molecule has 0 spiro atoms. The van der Waals surface area contributed by atoms with Gasteiger partial charge < -0.3 is 10.8 Å². The lowest BCUT2D eigenvalue weighted by Gasteiger charge is -2.25. The molecular weight excluding hydrogens is 302 g/mol. The summed E-state index contributed by atoms with van der Waals surface area (Å²) >= 11 is 1.73. The summed E-state index contributed by atoms with van der Waals surface area (Å²) in [7, 11) is 0. The van der Waals surface area contributed by atoms with E-state index in [4.69, 9.17) is 5.73 Å². The zero-order valence-corrected chi connectivity index (χ0v) is 14.5. The summed E-state index contributed by atoms with van der Waals surface area (Å²) in [6, 6.07) is 14.6. The molecule has 0 amide bonds. The van der Waals surface area contributed by atoms with Crippen molar-refractivity contribution in [2.45, 2.75) is 44.6 Å². The lowest BCUT2D eigenvalue weighted by atomic mass is 9.92. The van der Waals surface area contributed by atoms with Crippen molar-refractivity contribution in [1.82, 2.24) is 0 Å². The Kier molecular flexibility index (Phi) is 6.85. The maximum Gasteiger partial charge on any atom is 0.0771 e. The summed E-state index contributed by atoms with van der Waals surface area (Å²) < 4.78 is 0. The van der Waals surface area contributed by atoms with Gasteiger partial charge in [0.05, 0.1) is 11.5 Å². The molecular formula is C20H25NOS. The third-order valence-electron chi connectivity index (χ3n) is 4.14. The number of aliphatic hydroxyl groups is 1. The molecule has 2 rings (SSSR count). The largest absolute Gasteiger partial charge is 0.394 e. The van der Waals surface area contributed by atoms with E-state index in [2.05, 4.69) is 48.2 Å². The number of aliphatic hydroxyl groups excluding tert-OH is 1. The second kappa shape index (κ2) is 8.88. The Bertz CT molecular complexity index is 647. The second-order valence-corrected chi connectivity index (χ2v) is 7.10. The van der Waals surface area contributed by atoms with E-state index in [1.165, 1.54) is 10.4 Å². The van der Waals surface area contributed by atoms with E-state index in [0.717, 1.165) is 37.0 Å². The molecule has 0 fully saturated rings. The van der Waals surface area contributed by atoms with Crippen molar-refractivity contribution in [3.8, 4) is 11.8 Å². The number of nitrogens with two attached hydrogens (primary N) is 1. The fourth-order valence-corrected chi connectivity index (χ4v) is 3.20. The van der Waals surface area contributed by atoms with Gasteiger partial charge in [0.1, 0.15) is 0 Å². The number of hydrogen-bond donors (Lipinski definition) is 2. The fourth-order valence-electron chi connectivity index (χ4n) is 2.32. The minimum atomic E-state index is -0.453. The SMILES string of the molecule is CCC(N)(CO)CCc1ccc(C#CCCc2ccccc2)s1. The minimum Gasteiger partial charge on any atom is -0.394 e. The third-order valence-corrected chi connectivity index (χ3v) is 5.20. The van der Waals surface area contributed by atoms with Crippen LogP contribution in [0.1, 0.15) is 41.5 Å². The third kappa shape index (κ3) is 5.84. The Morgan fingerprint density at radius 3 is 2.61 bits per heavy atom. The van der Waals surface area contributed by atoms with Gasteiger partial charge in [-0.2, -0.15) is 0 Å². The number of benzene rings is 1. The highest BCUT2D eigenvalue weighted by Crippen LogP contribution is 2.21. The quantitative estimate of drug-likeness (QED) is 0.761. The van der Waals surface area contributed by atoms with Gasteiger partial charge in [0.2, 0.25) is 0 Å². The standard InChI is InChI=1S/C20H25NOS/c1-2-20(21,16-22)15-14-19-13-12-18(23-19)11-7-6-10-17-8-4-3-5-9-17/h3-5,8-9,12-13,22H,2,6,10,14-16,21H2,1H3. The molecule has 3 heteroatoms. The molecule has 0 saturated heterocycles. The van der Waals surface area contributed by atoms with Gasteiger partial charge >= 0.3 is 0 Å². The molecule has 0 bridgehead atoms. The molecule has 2 nitrogen and oxygen atoms in total. The molecule has 3 N–H and O–H groups in total.